The number of rotatable bonds is 4. The highest BCUT2D eigenvalue weighted by molar-refractivity contribution is 5.77. The van der Waals surface area contributed by atoms with Crippen LogP contribution in [-0.4, -0.2) is 90.1 Å². The molecule has 8 heteroatoms. The number of hydrogen-bond donors (Lipinski definition) is 3. The van der Waals surface area contributed by atoms with Crippen LogP contribution in [-0.2, 0) is 9.53 Å². The van der Waals surface area contributed by atoms with Crippen LogP contribution in [0.1, 0.15) is 6.42 Å². The van der Waals surface area contributed by atoms with Gasteiger partial charge in [-0.25, -0.2) is 9.59 Å². The van der Waals surface area contributed by atoms with Crippen LogP contribution in [0.2, 0.25) is 0 Å². The number of morpholine rings is 1. The molecule has 2 rings (SSSR count). The van der Waals surface area contributed by atoms with Crippen LogP contribution in [0.4, 0.5) is 4.79 Å². The van der Waals surface area contributed by atoms with E-state index in [0.29, 0.717) is 19.1 Å². The van der Waals surface area contributed by atoms with Gasteiger partial charge in [-0.3, -0.25) is 4.90 Å². The fourth-order valence-corrected chi connectivity index (χ4v) is 2.55. The quantitative estimate of drug-likeness (QED) is 0.584. The Morgan fingerprint density at radius 3 is 2.65 bits per heavy atom. The summed E-state index contributed by atoms with van der Waals surface area (Å²) in [5.41, 5.74) is 0. The largest absolute Gasteiger partial charge is 0.479 e. The predicted molar refractivity (Wildman–Crippen MR) is 69.4 cm³/mol. The maximum atomic E-state index is 11.9. The Hall–Kier alpha value is -1.38. The third-order valence-electron chi connectivity index (χ3n) is 3.74. The topological polar surface area (TPSA) is 102 Å². The third-order valence-corrected chi connectivity index (χ3v) is 3.74. The van der Waals surface area contributed by atoms with E-state index in [4.69, 9.17) is 14.9 Å². The summed E-state index contributed by atoms with van der Waals surface area (Å²) in [6.07, 6.45) is -0.647. The third kappa shape index (κ3) is 3.81. The Labute approximate surface area is 117 Å². The van der Waals surface area contributed by atoms with E-state index < -0.39 is 12.1 Å². The first-order chi connectivity index (χ1) is 9.58. The average Bonchev–Trinajstić information content (AvgIpc) is 2.95. The van der Waals surface area contributed by atoms with Crippen molar-refractivity contribution in [2.24, 2.45) is 0 Å². The van der Waals surface area contributed by atoms with Gasteiger partial charge in [0.15, 0.2) is 6.10 Å². The number of ether oxygens (including phenoxy) is 1. The Morgan fingerprint density at radius 2 is 2.00 bits per heavy atom. The van der Waals surface area contributed by atoms with Crippen molar-refractivity contribution in [3.63, 3.8) is 0 Å². The molecule has 0 aromatic heterocycles. The number of aliphatic hydroxyl groups is 1. The van der Waals surface area contributed by atoms with Gasteiger partial charge in [0.05, 0.1) is 19.8 Å². The molecule has 0 aromatic rings. The Balaban J connectivity index is 1.74. The molecular weight excluding hydrogens is 266 g/mol. The standard InChI is InChI=1S/C12H21N3O5/c16-10(11(17)18)7-13-12(19)15-2-1-9(8-15)14-3-5-20-6-4-14/h9-10,16H,1-8H2,(H,13,19)(H,17,18). The van der Waals surface area contributed by atoms with Gasteiger partial charge in [-0.05, 0) is 6.42 Å². The monoisotopic (exact) mass is 287 g/mol. The van der Waals surface area contributed by atoms with Crippen LogP contribution in [0.5, 0.6) is 0 Å². The molecule has 0 aliphatic carbocycles. The number of nitrogens with zero attached hydrogens (tertiary/aromatic N) is 2. The molecule has 20 heavy (non-hydrogen) atoms. The number of amides is 2. The highest BCUT2D eigenvalue weighted by Crippen LogP contribution is 2.16. The molecule has 2 aliphatic rings. The fourth-order valence-electron chi connectivity index (χ4n) is 2.55. The molecule has 0 bridgehead atoms. The van der Waals surface area contributed by atoms with E-state index in [9.17, 15) is 9.59 Å². The van der Waals surface area contributed by atoms with E-state index in [0.717, 1.165) is 32.7 Å². The first-order valence-corrected chi connectivity index (χ1v) is 6.83. The van der Waals surface area contributed by atoms with Crippen molar-refractivity contribution >= 4 is 12.0 Å². The molecule has 2 unspecified atom stereocenters. The highest BCUT2D eigenvalue weighted by atomic mass is 16.5. The maximum absolute atomic E-state index is 11.9. The van der Waals surface area contributed by atoms with Gasteiger partial charge >= 0.3 is 12.0 Å². The lowest BCUT2D eigenvalue weighted by Crippen LogP contribution is -2.47. The Morgan fingerprint density at radius 1 is 1.30 bits per heavy atom. The molecule has 0 radical (unpaired) electrons. The summed E-state index contributed by atoms with van der Waals surface area (Å²) in [7, 11) is 0. The summed E-state index contributed by atoms with van der Waals surface area (Å²) >= 11 is 0. The molecule has 2 amide bonds. The van der Waals surface area contributed by atoms with Crippen LogP contribution < -0.4 is 5.32 Å². The van der Waals surface area contributed by atoms with E-state index >= 15 is 0 Å². The highest BCUT2D eigenvalue weighted by Gasteiger charge is 2.31. The van der Waals surface area contributed by atoms with Crippen molar-refractivity contribution in [3.8, 4) is 0 Å². The van der Waals surface area contributed by atoms with Gasteiger partial charge in [-0.1, -0.05) is 0 Å². The lowest BCUT2D eigenvalue weighted by Gasteiger charge is -2.32. The first kappa shape index (κ1) is 15.0. The molecule has 2 fully saturated rings. The number of carboxylic acid groups (broad SMARTS) is 1. The lowest BCUT2D eigenvalue weighted by atomic mass is 10.2. The number of carboxylic acids is 1. The summed E-state index contributed by atoms with van der Waals surface area (Å²) in [6.45, 7) is 4.25. The lowest BCUT2D eigenvalue weighted by molar-refractivity contribution is -0.146. The van der Waals surface area contributed by atoms with Gasteiger partial charge in [0, 0.05) is 32.2 Å². The van der Waals surface area contributed by atoms with E-state index in [1.807, 2.05) is 0 Å². The molecule has 2 heterocycles. The molecular formula is C12H21N3O5. The van der Waals surface area contributed by atoms with Gasteiger partial charge in [0.1, 0.15) is 0 Å². The number of nitrogens with one attached hydrogen (secondary N) is 1. The second-order valence-corrected chi connectivity index (χ2v) is 5.08. The van der Waals surface area contributed by atoms with Crippen molar-refractivity contribution in [1.29, 1.82) is 0 Å². The van der Waals surface area contributed by atoms with Crippen LogP contribution in [0.3, 0.4) is 0 Å². The minimum atomic E-state index is -1.56. The van der Waals surface area contributed by atoms with Gasteiger partial charge in [0.2, 0.25) is 0 Å². The van der Waals surface area contributed by atoms with E-state index in [1.54, 1.807) is 4.90 Å². The molecule has 3 N–H and O–H groups in total. The minimum Gasteiger partial charge on any atom is -0.479 e. The number of carbonyl (C=O) groups excluding carboxylic acids is 1. The summed E-state index contributed by atoms with van der Waals surface area (Å²) in [6, 6.07) is 0.0232. The molecule has 0 saturated carbocycles. The zero-order valence-electron chi connectivity index (χ0n) is 11.3. The zero-order chi connectivity index (χ0) is 14.5. The van der Waals surface area contributed by atoms with Gasteiger partial charge in [-0.15, -0.1) is 0 Å². The smallest absolute Gasteiger partial charge is 0.334 e. The number of aliphatic carboxylic acids is 1. The second-order valence-electron chi connectivity index (χ2n) is 5.08. The van der Waals surface area contributed by atoms with Gasteiger partial charge in [-0.2, -0.15) is 0 Å². The van der Waals surface area contributed by atoms with Crippen molar-refractivity contribution in [1.82, 2.24) is 15.1 Å². The number of hydrogen-bond acceptors (Lipinski definition) is 5. The first-order valence-electron chi connectivity index (χ1n) is 6.83. The molecule has 114 valence electrons. The van der Waals surface area contributed by atoms with Gasteiger partial charge < -0.3 is 25.2 Å². The van der Waals surface area contributed by atoms with Crippen LogP contribution in [0.15, 0.2) is 0 Å². The normalized spacial score (nSPS) is 25.4. The number of aliphatic hydroxyl groups excluding tert-OH is 1. The Kier molecular flexibility index (Phi) is 5.16. The molecule has 2 saturated heterocycles. The summed E-state index contributed by atoms with van der Waals surface area (Å²) in [5, 5.41) is 20.1. The van der Waals surface area contributed by atoms with Crippen LogP contribution >= 0.6 is 0 Å². The molecule has 2 aliphatic heterocycles. The van der Waals surface area contributed by atoms with Gasteiger partial charge in [0.25, 0.3) is 0 Å². The molecule has 0 spiro atoms. The summed E-state index contributed by atoms with van der Waals surface area (Å²) in [5.74, 6) is -1.34. The van der Waals surface area contributed by atoms with Crippen molar-refractivity contribution in [2.45, 2.75) is 18.6 Å². The average molecular weight is 287 g/mol. The van der Waals surface area contributed by atoms with Crippen LogP contribution in [0.25, 0.3) is 0 Å². The number of likely N-dealkylation sites (tertiary alicyclic amines) is 1. The van der Waals surface area contributed by atoms with Crippen LogP contribution in [0, 0.1) is 0 Å². The van der Waals surface area contributed by atoms with E-state index in [1.165, 1.54) is 0 Å². The zero-order valence-corrected chi connectivity index (χ0v) is 11.3. The molecule has 0 aromatic carbocycles. The van der Waals surface area contributed by atoms with Crippen molar-refractivity contribution < 1.29 is 24.5 Å². The van der Waals surface area contributed by atoms with Crippen molar-refractivity contribution in [2.75, 3.05) is 45.9 Å². The van der Waals surface area contributed by atoms with Crippen molar-refractivity contribution in [3.05, 3.63) is 0 Å². The van der Waals surface area contributed by atoms with E-state index in [2.05, 4.69) is 10.2 Å². The Bertz CT molecular complexity index is 359. The summed E-state index contributed by atoms with van der Waals surface area (Å²) < 4.78 is 5.30. The maximum Gasteiger partial charge on any atom is 0.334 e. The molecule has 8 nitrogen and oxygen atoms in total. The SMILES string of the molecule is O=C(O)C(O)CNC(=O)N1CCC(N2CCOCC2)C1. The second kappa shape index (κ2) is 6.87. The predicted octanol–water partition coefficient (Wildman–Crippen LogP) is -1.45. The summed E-state index contributed by atoms with van der Waals surface area (Å²) in [4.78, 5) is 26.3. The molecule has 2 atom stereocenters. The van der Waals surface area contributed by atoms with E-state index in [-0.39, 0.29) is 12.6 Å². The fraction of sp³-hybridized carbons (Fsp3) is 0.833. The number of carbonyl (C=O) groups is 2. The minimum absolute atomic E-state index is 0.271. The number of urea groups is 1.